The van der Waals surface area contributed by atoms with Gasteiger partial charge in [0.25, 0.3) is 0 Å². The molecular formula is C12H30Li2N2OSi2. The van der Waals surface area contributed by atoms with Crippen LogP contribution in [0.1, 0.15) is 41.5 Å². The first-order chi connectivity index (χ1) is 7.12. The minimum atomic E-state index is -1.98. The van der Waals surface area contributed by atoms with Crippen molar-refractivity contribution in [2.75, 3.05) is 0 Å². The molecule has 0 bridgehead atoms. The largest absolute Gasteiger partial charge is 1.00 e. The van der Waals surface area contributed by atoms with E-state index in [9.17, 15) is 0 Å². The summed E-state index contributed by atoms with van der Waals surface area (Å²) in [7, 11) is -3.96. The third kappa shape index (κ3) is 15.7. The van der Waals surface area contributed by atoms with Gasteiger partial charge in [-0.15, -0.1) is 11.1 Å². The van der Waals surface area contributed by atoms with Crippen LogP contribution in [0.2, 0.25) is 26.2 Å². The minimum Gasteiger partial charge on any atom is -0.638 e. The fourth-order valence-corrected chi connectivity index (χ4v) is 10.8. The van der Waals surface area contributed by atoms with E-state index in [1.807, 2.05) is 0 Å². The van der Waals surface area contributed by atoms with Crippen LogP contribution in [0.3, 0.4) is 0 Å². The Morgan fingerprint density at radius 1 is 0.632 bits per heavy atom. The predicted octanol–water partition coefficient (Wildman–Crippen LogP) is -1.24. The molecule has 0 aliphatic rings. The second kappa shape index (κ2) is 8.22. The SMILES string of the molecule is CC(C)(C)[N-][Si](C)(C)O[Si](C)(C)[N-]C(C)(C)C.[Li+].[Li+]. The summed E-state index contributed by atoms with van der Waals surface area (Å²) < 4.78 is 6.32. The number of hydrogen-bond acceptors (Lipinski definition) is 1. The molecule has 0 aliphatic heterocycles. The zero-order chi connectivity index (χ0) is 14.1. The second-order valence-electron chi connectivity index (χ2n) is 7.56. The summed E-state index contributed by atoms with van der Waals surface area (Å²) in [5.74, 6) is 0. The van der Waals surface area contributed by atoms with Gasteiger partial charge in [-0.2, -0.15) is 0 Å². The molecule has 0 aromatic rings. The van der Waals surface area contributed by atoms with Gasteiger partial charge in [0.05, 0.1) is 17.0 Å². The van der Waals surface area contributed by atoms with Crippen molar-refractivity contribution in [1.82, 2.24) is 0 Å². The van der Waals surface area contributed by atoms with Gasteiger partial charge in [0, 0.05) is 0 Å². The van der Waals surface area contributed by atoms with E-state index in [-0.39, 0.29) is 48.8 Å². The van der Waals surface area contributed by atoms with Crippen LogP contribution in [0.4, 0.5) is 0 Å². The molecule has 0 amide bonds. The fraction of sp³-hybridized carbons (Fsp3) is 1.00. The van der Waals surface area contributed by atoms with Gasteiger partial charge in [-0.25, -0.2) is 0 Å². The minimum absolute atomic E-state index is 0. The van der Waals surface area contributed by atoms with Gasteiger partial charge in [0.1, 0.15) is 0 Å². The Labute approximate surface area is 147 Å². The molecule has 0 atom stereocenters. The van der Waals surface area contributed by atoms with E-state index in [4.69, 9.17) is 14.1 Å². The average Bonchev–Trinajstić information content (AvgIpc) is 1.65. The van der Waals surface area contributed by atoms with Crippen LogP contribution >= 0.6 is 0 Å². The molecule has 0 aromatic carbocycles. The summed E-state index contributed by atoms with van der Waals surface area (Å²) in [6.45, 7) is 21.4. The van der Waals surface area contributed by atoms with Crippen molar-refractivity contribution in [1.29, 1.82) is 0 Å². The Kier molecular flexibility index (Phi) is 11.0. The van der Waals surface area contributed by atoms with Gasteiger partial charge < -0.3 is 14.1 Å². The molecule has 0 radical (unpaired) electrons. The maximum Gasteiger partial charge on any atom is 1.00 e. The monoisotopic (exact) mass is 288 g/mol. The molecule has 0 heterocycles. The Morgan fingerprint density at radius 2 is 0.842 bits per heavy atom. The van der Waals surface area contributed by atoms with E-state index >= 15 is 0 Å². The van der Waals surface area contributed by atoms with Crippen molar-refractivity contribution in [3.8, 4) is 0 Å². The maximum absolute atomic E-state index is 6.32. The average molecular weight is 288 g/mol. The molecule has 19 heavy (non-hydrogen) atoms. The summed E-state index contributed by atoms with van der Waals surface area (Å²) in [6, 6.07) is 0. The molecule has 0 fully saturated rings. The molecule has 0 N–H and O–H groups in total. The van der Waals surface area contributed by atoms with Crippen LogP contribution in [0.5, 0.6) is 0 Å². The molecule has 7 heteroatoms. The van der Waals surface area contributed by atoms with Gasteiger partial charge in [-0.05, 0) is 0 Å². The number of nitrogens with zero attached hydrogens (tertiary/aromatic N) is 2. The van der Waals surface area contributed by atoms with E-state index in [0.717, 1.165) is 0 Å². The second-order valence-corrected chi connectivity index (χ2v) is 14.6. The van der Waals surface area contributed by atoms with Crippen molar-refractivity contribution in [3.05, 3.63) is 9.96 Å². The number of rotatable bonds is 4. The summed E-state index contributed by atoms with van der Waals surface area (Å²) >= 11 is 0. The van der Waals surface area contributed by atoms with E-state index in [2.05, 4.69) is 67.7 Å². The Morgan fingerprint density at radius 3 is 1.00 bits per heavy atom. The maximum atomic E-state index is 6.32. The Balaban J connectivity index is -0.00000128. The molecule has 0 spiro atoms. The van der Waals surface area contributed by atoms with Crippen LogP contribution in [0, 0.1) is 0 Å². The first-order valence-electron chi connectivity index (χ1n) is 6.30. The molecule has 104 valence electrons. The summed E-state index contributed by atoms with van der Waals surface area (Å²) in [5, 5.41) is 0. The third-order valence-corrected chi connectivity index (χ3v) is 8.12. The Hall–Kier alpha value is 1.51. The van der Waals surface area contributed by atoms with Crippen molar-refractivity contribution in [2.24, 2.45) is 0 Å². The first-order valence-corrected chi connectivity index (χ1v) is 12.0. The van der Waals surface area contributed by atoms with Crippen LogP contribution in [-0.2, 0) is 4.12 Å². The van der Waals surface area contributed by atoms with Crippen LogP contribution in [0.15, 0.2) is 0 Å². The van der Waals surface area contributed by atoms with E-state index < -0.39 is 17.0 Å². The van der Waals surface area contributed by atoms with Crippen LogP contribution < -0.4 is 37.7 Å². The number of hydrogen-bond donors (Lipinski definition) is 0. The standard InChI is InChI=1S/C12H30N2OSi2.2Li/c1-11(2,3)13-16(7,8)15-17(9,10)14-12(4,5)6;;/h1-10H3;;/q-2;2*+1. The quantitative estimate of drug-likeness (QED) is 0.596. The van der Waals surface area contributed by atoms with Crippen LogP contribution in [0.25, 0.3) is 9.96 Å². The van der Waals surface area contributed by atoms with Gasteiger partial charge >= 0.3 is 37.7 Å². The van der Waals surface area contributed by atoms with Gasteiger partial charge in [0.2, 0.25) is 0 Å². The van der Waals surface area contributed by atoms with Crippen molar-refractivity contribution in [2.45, 2.75) is 78.8 Å². The molecule has 0 saturated heterocycles. The first kappa shape index (κ1) is 25.5. The van der Waals surface area contributed by atoms with Gasteiger partial charge in [0.15, 0.2) is 0 Å². The van der Waals surface area contributed by atoms with E-state index in [1.165, 1.54) is 0 Å². The summed E-state index contributed by atoms with van der Waals surface area (Å²) in [4.78, 5) is 9.70. The Bertz CT molecular complexity index is 235. The summed E-state index contributed by atoms with van der Waals surface area (Å²) in [5.41, 5.74) is -0.0517. The predicted molar refractivity (Wildman–Crippen MR) is 82.3 cm³/mol. The molecule has 0 unspecified atom stereocenters. The third-order valence-electron chi connectivity index (χ3n) is 1.71. The summed E-state index contributed by atoms with van der Waals surface area (Å²) in [6.07, 6.45) is 0. The molecule has 0 saturated carbocycles. The van der Waals surface area contributed by atoms with Crippen LogP contribution in [-0.4, -0.2) is 28.0 Å². The molecule has 3 nitrogen and oxygen atoms in total. The van der Waals surface area contributed by atoms with Crippen molar-refractivity contribution < 1.29 is 41.8 Å². The topological polar surface area (TPSA) is 37.4 Å². The molecule has 0 aromatic heterocycles. The van der Waals surface area contributed by atoms with E-state index in [1.54, 1.807) is 0 Å². The zero-order valence-electron chi connectivity index (χ0n) is 15.3. The zero-order valence-corrected chi connectivity index (χ0v) is 17.3. The fourth-order valence-electron chi connectivity index (χ4n) is 2.27. The van der Waals surface area contributed by atoms with Crippen molar-refractivity contribution in [3.63, 3.8) is 0 Å². The van der Waals surface area contributed by atoms with E-state index in [0.29, 0.717) is 0 Å². The van der Waals surface area contributed by atoms with Gasteiger partial charge in [-0.3, -0.25) is 0 Å². The molecule has 0 rings (SSSR count). The smallest absolute Gasteiger partial charge is 0.638 e. The molecular weight excluding hydrogens is 258 g/mol. The normalized spacial score (nSPS) is 13.6. The molecule has 0 aliphatic carbocycles. The van der Waals surface area contributed by atoms with Crippen molar-refractivity contribution >= 4 is 17.0 Å². The van der Waals surface area contributed by atoms with Gasteiger partial charge in [-0.1, -0.05) is 67.7 Å².